The van der Waals surface area contributed by atoms with Crippen LogP contribution < -0.4 is 0 Å². The second kappa shape index (κ2) is 4.05. The summed E-state index contributed by atoms with van der Waals surface area (Å²) in [6.45, 7) is 0. The van der Waals surface area contributed by atoms with Gasteiger partial charge in [-0.2, -0.15) is 0 Å². The summed E-state index contributed by atoms with van der Waals surface area (Å²) in [5.74, 6) is -0.644. The third-order valence-corrected chi connectivity index (χ3v) is 5.40. The highest BCUT2D eigenvalue weighted by atomic mass is 32.2. The van der Waals surface area contributed by atoms with Gasteiger partial charge in [0.25, 0.3) is 0 Å². The lowest BCUT2D eigenvalue weighted by molar-refractivity contribution is -0.142. The van der Waals surface area contributed by atoms with Crippen LogP contribution in [0.1, 0.15) is 36.8 Å². The molecule has 0 atom stereocenters. The van der Waals surface area contributed by atoms with E-state index in [-0.39, 0.29) is 0 Å². The molecule has 1 saturated carbocycles. The topological polar surface area (TPSA) is 37.3 Å². The maximum absolute atomic E-state index is 11.3. The Morgan fingerprint density at radius 2 is 1.94 bits per heavy atom. The fourth-order valence-corrected chi connectivity index (χ4v) is 4.06. The van der Waals surface area contributed by atoms with Gasteiger partial charge in [0.1, 0.15) is 4.75 Å². The summed E-state index contributed by atoms with van der Waals surface area (Å²) in [7, 11) is 0. The van der Waals surface area contributed by atoms with Crippen LogP contribution in [-0.2, 0) is 17.6 Å². The normalized spacial score (nSPS) is 20.7. The minimum absolute atomic E-state index is 0.535. The molecule has 1 fully saturated rings. The zero-order valence-electron chi connectivity index (χ0n) is 9.74. The summed E-state index contributed by atoms with van der Waals surface area (Å²) in [6.07, 6.45) is 6.25. The third-order valence-electron chi connectivity index (χ3n) is 3.93. The molecule has 0 radical (unpaired) electrons. The van der Waals surface area contributed by atoms with E-state index in [1.807, 2.05) is 0 Å². The molecule has 3 heteroatoms. The van der Waals surface area contributed by atoms with Crippen LogP contribution in [0, 0.1) is 0 Å². The van der Waals surface area contributed by atoms with Crippen molar-refractivity contribution in [2.75, 3.05) is 0 Å². The first-order chi connectivity index (χ1) is 8.20. The lowest BCUT2D eigenvalue weighted by Gasteiger charge is -2.36. The number of hydrogen-bond donors (Lipinski definition) is 1. The molecule has 3 rings (SSSR count). The van der Waals surface area contributed by atoms with E-state index in [2.05, 4.69) is 18.2 Å². The van der Waals surface area contributed by atoms with Crippen molar-refractivity contribution >= 4 is 17.7 Å². The molecular formula is C14H16O2S. The standard InChI is InChI=1S/C14H16O2S/c15-13(16)14(7-2-8-14)17-12-6-5-10-3-1-4-11(10)9-12/h5-6,9H,1-4,7-8H2,(H,15,16). The number of carbonyl (C=O) groups is 1. The van der Waals surface area contributed by atoms with Crippen LogP contribution in [0.3, 0.4) is 0 Å². The van der Waals surface area contributed by atoms with Crippen molar-refractivity contribution < 1.29 is 9.90 Å². The highest BCUT2D eigenvalue weighted by Crippen LogP contribution is 2.48. The van der Waals surface area contributed by atoms with E-state index in [9.17, 15) is 9.90 Å². The van der Waals surface area contributed by atoms with E-state index in [1.54, 1.807) is 11.8 Å². The minimum Gasteiger partial charge on any atom is -0.480 e. The first kappa shape index (κ1) is 11.1. The Labute approximate surface area is 105 Å². The second-order valence-electron chi connectivity index (χ2n) is 5.04. The van der Waals surface area contributed by atoms with Gasteiger partial charge in [-0.25, -0.2) is 0 Å². The Balaban J connectivity index is 1.83. The lowest BCUT2D eigenvalue weighted by atomic mass is 9.84. The summed E-state index contributed by atoms with van der Waals surface area (Å²) in [4.78, 5) is 12.5. The van der Waals surface area contributed by atoms with Crippen LogP contribution >= 0.6 is 11.8 Å². The van der Waals surface area contributed by atoms with E-state index >= 15 is 0 Å². The van der Waals surface area contributed by atoms with Gasteiger partial charge in [-0.15, -0.1) is 11.8 Å². The van der Waals surface area contributed by atoms with Gasteiger partial charge in [-0.05, 0) is 61.8 Å². The molecule has 0 unspecified atom stereocenters. The van der Waals surface area contributed by atoms with E-state index in [4.69, 9.17) is 0 Å². The number of aliphatic carboxylic acids is 1. The number of aryl methyl sites for hydroxylation is 2. The summed E-state index contributed by atoms with van der Waals surface area (Å²) in [5.41, 5.74) is 2.88. The van der Waals surface area contributed by atoms with Crippen molar-refractivity contribution in [2.24, 2.45) is 0 Å². The third kappa shape index (κ3) is 1.86. The summed E-state index contributed by atoms with van der Waals surface area (Å²) in [6, 6.07) is 6.48. The molecular weight excluding hydrogens is 232 g/mol. The van der Waals surface area contributed by atoms with Gasteiger partial charge >= 0.3 is 5.97 Å². The predicted molar refractivity (Wildman–Crippen MR) is 68.5 cm³/mol. The van der Waals surface area contributed by atoms with E-state index in [1.165, 1.54) is 24.0 Å². The number of thioether (sulfide) groups is 1. The first-order valence-corrected chi connectivity index (χ1v) is 7.05. The zero-order valence-corrected chi connectivity index (χ0v) is 10.6. The average Bonchev–Trinajstić information content (AvgIpc) is 2.69. The number of carboxylic acids is 1. The molecule has 0 amide bonds. The Morgan fingerprint density at radius 3 is 2.59 bits per heavy atom. The van der Waals surface area contributed by atoms with Crippen LogP contribution in [0.4, 0.5) is 0 Å². The number of rotatable bonds is 3. The maximum atomic E-state index is 11.3. The molecule has 0 aliphatic heterocycles. The van der Waals surface area contributed by atoms with Crippen molar-refractivity contribution in [3.05, 3.63) is 29.3 Å². The number of hydrogen-bond acceptors (Lipinski definition) is 2. The molecule has 1 aromatic rings. The molecule has 0 spiro atoms. The molecule has 2 nitrogen and oxygen atoms in total. The van der Waals surface area contributed by atoms with Crippen LogP contribution in [0.2, 0.25) is 0 Å². The van der Waals surface area contributed by atoms with Gasteiger partial charge in [0.05, 0.1) is 0 Å². The van der Waals surface area contributed by atoms with E-state index < -0.39 is 10.7 Å². The zero-order chi connectivity index (χ0) is 11.9. The van der Waals surface area contributed by atoms with Crippen molar-refractivity contribution in [3.63, 3.8) is 0 Å². The number of fused-ring (bicyclic) bond motifs is 1. The van der Waals surface area contributed by atoms with Crippen LogP contribution in [0.25, 0.3) is 0 Å². The van der Waals surface area contributed by atoms with Gasteiger partial charge < -0.3 is 5.11 Å². The van der Waals surface area contributed by atoms with Gasteiger partial charge in [0.2, 0.25) is 0 Å². The van der Waals surface area contributed by atoms with Crippen LogP contribution in [0.5, 0.6) is 0 Å². The average molecular weight is 248 g/mol. The minimum atomic E-state index is -0.644. The molecule has 1 N–H and O–H groups in total. The van der Waals surface area contributed by atoms with Gasteiger partial charge in [-0.1, -0.05) is 6.07 Å². The lowest BCUT2D eigenvalue weighted by Crippen LogP contribution is -2.41. The Morgan fingerprint density at radius 1 is 1.18 bits per heavy atom. The Bertz CT molecular complexity index is 463. The largest absolute Gasteiger partial charge is 0.480 e. The van der Waals surface area contributed by atoms with Gasteiger partial charge in [0.15, 0.2) is 0 Å². The van der Waals surface area contributed by atoms with Crippen LogP contribution in [0.15, 0.2) is 23.1 Å². The highest BCUT2D eigenvalue weighted by molar-refractivity contribution is 8.01. The smallest absolute Gasteiger partial charge is 0.320 e. The van der Waals surface area contributed by atoms with Crippen LogP contribution in [-0.4, -0.2) is 15.8 Å². The maximum Gasteiger partial charge on any atom is 0.320 e. The Hall–Kier alpha value is -0.960. The molecule has 2 aliphatic carbocycles. The van der Waals surface area contributed by atoms with Gasteiger partial charge in [0, 0.05) is 4.90 Å². The van der Waals surface area contributed by atoms with Crippen molar-refractivity contribution in [3.8, 4) is 0 Å². The van der Waals surface area contributed by atoms with Crippen molar-refractivity contribution in [1.82, 2.24) is 0 Å². The molecule has 0 heterocycles. The summed E-state index contributed by atoms with van der Waals surface area (Å²) >= 11 is 1.55. The predicted octanol–water partition coefficient (Wildman–Crippen LogP) is 3.27. The summed E-state index contributed by atoms with van der Waals surface area (Å²) < 4.78 is -0.535. The fraction of sp³-hybridized carbons (Fsp3) is 0.500. The molecule has 17 heavy (non-hydrogen) atoms. The number of carboxylic acid groups (broad SMARTS) is 1. The fourth-order valence-electron chi connectivity index (χ4n) is 2.69. The van der Waals surface area contributed by atoms with Crippen molar-refractivity contribution in [2.45, 2.75) is 48.2 Å². The second-order valence-corrected chi connectivity index (χ2v) is 6.50. The SMILES string of the molecule is O=C(O)C1(Sc2ccc3c(c2)CCC3)CCC1. The van der Waals surface area contributed by atoms with Crippen molar-refractivity contribution in [1.29, 1.82) is 0 Å². The first-order valence-electron chi connectivity index (χ1n) is 6.24. The molecule has 0 bridgehead atoms. The molecule has 2 aliphatic rings. The summed E-state index contributed by atoms with van der Waals surface area (Å²) in [5, 5.41) is 9.32. The van der Waals surface area contributed by atoms with Gasteiger partial charge in [-0.3, -0.25) is 4.79 Å². The van der Waals surface area contributed by atoms with E-state index in [0.29, 0.717) is 0 Å². The quantitative estimate of drug-likeness (QED) is 0.892. The number of benzene rings is 1. The highest BCUT2D eigenvalue weighted by Gasteiger charge is 2.45. The van der Waals surface area contributed by atoms with E-state index in [0.717, 1.165) is 30.6 Å². The molecule has 0 saturated heterocycles. The monoisotopic (exact) mass is 248 g/mol. The molecule has 90 valence electrons. The Kier molecular flexibility index (Phi) is 2.66. The molecule has 1 aromatic carbocycles. The molecule has 0 aromatic heterocycles.